The molecule has 0 amide bonds. The molecule has 3 nitrogen and oxygen atoms in total. The van der Waals surface area contributed by atoms with Crippen LogP contribution in [0.5, 0.6) is 5.75 Å². The van der Waals surface area contributed by atoms with Gasteiger partial charge in [-0.2, -0.15) is 11.6 Å². The molecule has 27 heavy (non-hydrogen) atoms. The van der Waals surface area contributed by atoms with Gasteiger partial charge in [-0.3, -0.25) is 4.90 Å². The third-order valence-corrected chi connectivity index (χ3v) is 6.27. The normalized spacial score (nSPS) is 25.9. The summed E-state index contributed by atoms with van der Waals surface area (Å²) in [6.07, 6.45) is 7.91. The molecule has 1 aromatic rings. The predicted octanol–water partition coefficient (Wildman–Crippen LogP) is 4.87. The zero-order chi connectivity index (χ0) is 18.5. The van der Waals surface area contributed by atoms with Gasteiger partial charge in [0.2, 0.25) is 0 Å². The van der Waals surface area contributed by atoms with Crippen molar-refractivity contribution in [1.29, 1.82) is 0 Å². The Kier molecular flexibility index (Phi) is 9.61. The van der Waals surface area contributed by atoms with Gasteiger partial charge in [0, 0.05) is 51.9 Å². The third-order valence-electron chi connectivity index (χ3n) is 6.27. The van der Waals surface area contributed by atoms with Gasteiger partial charge in [-0.25, -0.2) is 0 Å². The van der Waals surface area contributed by atoms with Crippen molar-refractivity contribution in [3.63, 3.8) is 0 Å². The number of aryl methyl sites for hydroxylation is 1. The summed E-state index contributed by atoms with van der Waals surface area (Å²) in [7, 11) is 1.76. The summed E-state index contributed by atoms with van der Waals surface area (Å²) in [5, 5.41) is 0. The second-order valence-corrected chi connectivity index (χ2v) is 8.25. The molecule has 149 valence electrons. The molecule has 1 saturated heterocycles. The van der Waals surface area contributed by atoms with Crippen LogP contribution < -0.4 is 4.74 Å². The van der Waals surface area contributed by atoms with Crippen molar-refractivity contribution >= 4 is 0 Å². The van der Waals surface area contributed by atoms with E-state index in [1.807, 2.05) is 0 Å². The zero-order valence-electron chi connectivity index (χ0n) is 17.7. The maximum Gasteiger partial charge on any atom is 0.0759 e. The van der Waals surface area contributed by atoms with Crippen molar-refractivity contribution < 1.29 is 42.2 Å². The smallest absolute Gasteiger partial charge is 0.0759 e. The number of ether oxygens (including phenoxy) is 2. The summed E-state index contributed by atoms with van der Waals surface area (Å²) in [6, 6.07) is 7.18. The monoisotopic (exact) mass is 447 g/mol. The summed E-state index contributed by atoms with van der Waals surface area (Å²) in [4.78, 5) is 2.70. The molecule has 3 atom stereocenters. The van der Waals surface area contributed by atoms with Crippen LogP contribution in [0.3, 0.4) is 0 Å². The minimum absolute atomic E-state index is 0. The number of rotatable bonds is 7. The minimum Gasteiger partial charge on any atom is -0.509 e. The van der Waals surface area contributed by atoms with Crippen LogP contribution in [0.1, 0.15) is 64.0 Å². The van der Waals surface area contributed by atoms with Crippen LogP contribution >= 0.6 is 0 Å². The summed E-state index contributed by atoms with van der Waals surface area (Å²) < 4.78 is 12.0. The van der Waals surface area contributed by atoms with Crippen LogP contribution in [0.4, 0.5) is 0 Å². The molecule has 1 aliphatic heterocycles. The number of benzene rings is 1. The van der Waals surface area contributed by atoms with Crippen molar-refractivity contribution in [2.24, 2.45) is 5.92 Å². The first-order valence-electron chi connectivity index (χ1n) is 10.5. The number of hydrogen-bond donors (Lipinski definition) is 0. The molecule has 3 rings (SSSR count). The Morgan fingerprint density at radius 2 is 1.96 bits per heavy atom. The minimum atomic E-state index is 0. The van der Waals surface area contributed by atoms with Crippen LogP contribution in [0, 0.1) is 11.8 Å². The van der Waals surface area contributed by atoms with E-state index in [1.54, 1.807) is 7.11 Å². The van der Waals surface area contributed by atoms with Gasteiger partial charge in [-0.05, 0) is 43.7 Å². The third kappa shape index (κ3) is 5.95. The SMILES string of the molecule is CCc1ccc([C-](C)CO[C@@H]2CCCC[C@H]2N2CC[C@@H](C)C2)cc1OC.[Y]. The molecule has 2 fully saturated rings. The summed E-state index contributed by atoms with van der Waals surface area (Å²) >= 11 is 0. The number of hydrogen-bond acceptors (Lipinski definition) is 3. The fraction of sp³-hybridized carbons (Fsp3) is 0.696. The standard InChI is InChI=1S/C23H36NO2.Y/c1-5-19-10-11-20(14-23(19)25-4)18(3)16-26-22-9-7-6-8-21(22)24-13-12-17(2)15-24;/h10-11,14,17,21-22H,5-9,12-13,15-16H2,1-4H3;/q-1;/t17-,21-,22-;/m1./s1. The van der Waals surface area contributed by atoms with Crippen LogP contribution in [-0.2, 0) is 43.9 Å². The first kappa shape index (κ1) is 23.2. The molecule has 1 heterocycles. The van der Waals surface area contributed by atoms with Crippen LogP contribution in [0.25, 0.3) is 0 Å². The van der Waals surface area contributed by atoms with E-state index < -0.39 is 0 Å². The second-order valence-electron chi connectivity index (χ2n) is 8.25. The van der Waals surface area contributed by atoms with Gasteiger partial charge in [0.05, 0.1) is 19.0 Å². The Hall–Kier alpha value is -0.0861. The van der Waals surface area contributed by atoms with E-state index in [1.165, 1.54) is 62.2 Å². The number of likely N-dealkylation sites (tertiary alicyclic amines) is 1. The van der Waals surface area contributed by atoms with Gasteiger partial charge in [-0.1, -0.05) is 33.6 Å². The van der Waals surface area contributed by atoms with Crippen molar-refractivity contribution in [3.05, 3.63) is 35.2 Å². The largest absolute Gasteiger partial charge is 0.509 e. The molecule has 0 unspecified atom stereocenters. The van der Waals surface area contributed by atoms with Crippen LogP contribution in [0.15, 0.2) is 18.2 Å². The molecule has 1 aliphatic carbocycles. The number of methoxy groups -OCH3 is 1. The second kappa shape index (κ2) is 11.2. The fourth-order valence-electron chi connectivity index (χ4n) is 4.58. The Balaban J connectivity index is 0.00000261. The maximum atomic E-state index is 6.47. The molecule has 0 aromatic heterocycles. The van der Waals surface area contributed by atoms with E-state index in [9.17, 15) is 0 Å². The molecule has 4 heteroatoms. The van der Waals surface area contributed by atoms with E-state index in [4.69, 9.17) is 9.47 Å². The van der Waals surface area contributed by atoms with Gasteiger partial charge < -0.3 is 9.47 Å². The Bertz CT molecular complexity index is 579. The van der Waals surface area contributed by atoms with Crippen molar-refractivity contribution in [3.8, 4) is 5.75 Å². The predicted molar refractivity (Wildman–Crippen MR) is 108 cm³/mol. The Labute approximate surface area is 191 Å². The molecular weight excluding hydrogens is 411 g/mol. The van der Waals surface area contributed by atoms with E-state index in [0.29, 0.717) is 12.1 Å². The molecule has 1 aromatic carbocycles. The molecule has 0 spiro atoms. The summed E-state index contributed by atoms with van der Waals surface area (Å²) in [6.45, 7) is 9.96. The van der Waals surface area contributed by atoms with Crippen LogP contribution in [0.2, 0.25) is 0 Å². The van der Waals surface area contributed by atoms with Gasteiger partial charge in [0.25, 0.3) is 0 Å². The van der Waals surface area contributed by atoms with Crippen LogP contribution in [-0.4, -0.2) is 43.9 Å². The van der Waals surface area contributed by atoms with Crippen molar-refractivity contribution in [2.45, 2.75) is 71.4 Å². The average molecular weight is 447 g/mol. The van der Waals surface area contributed by atoms with Gasteiger partial charge in [0.1, 0.15) is 0 Å². The van der Waals surface area contributed by atoms with Gasteiger partial charge >= 0.3 is 0 Å². The zero-order valence-corrected chi connectivity index (χ0v) is 20.5. The molecule has 1 saturated carbocycles. The van der Waals surface area contributed by atoms with Crippen molar-refractivity contribution in [2.75, 3.05) is 26.8 Å². The molecule has 0 bridgehead atoms. The van der Waals surface area contributed by atoms with E-state index in [2.05, 4.69) is 43.9 Å². The first-order valence-corrected chi connectivity index (χ1v) is 10.5. The molecule has 0 N–H and O–H groups in total. The number of nitrogens with zero attached hydrogens (tertiary/aromatic N) is 1. The molecule has 1 radical (unpaired) electrons. The summed E-state index contributed by atoms with van der Waals surface area (Å²) in [5.74, 6) is 3.13. The summed E-state index contributed by atoms with van der Waals surface area (Å²) in [5.41, 5.74) is 2.50. The van der Waals surface area contributed by atoms with Gasteiger partial charge in [-0.15, -0.1) is 18.1 Å². The fourth-order valence-corrected chi connectivity index (χ4v) is 4.58. The average Bonchev–Trinajstić information content (AvgIpc) is 3.11. The molecule has 2 aliphatic rings. The van der Waals surface area contributed by atoms with E-state index >= 15 is 0 Å². The quantitative estimate of drug-likeness (QED) is 0.557. The maximum absolute atomic E-state index is 6.47. The first-order chi connectivity index (χ1) is 12.6. The van der Waals surface area contributed by atoms with E-state index in [-0.39, 0.29) is 32.7 Å². The molecular formula is C23H36NO2Y-. The topological polar surface area (TPSA) is 21.7 Å². The van der Waals surface area contributed by atoms with E-state index in [0.717, 1.165) is 24.7 Å². The Morgan fingerprint density at radius 1 is 1.19 bits per heavy atom. The van der Waals surface area contributed by atoms with Crippen molar-refractivity contribution in [1.82, 2.24) is 4.90 Å². The Morgan fingerprint density at radius 3 is 2.63 bits per heavy atom. The van der Waals surface area contributed by atoms with Gasteiger partial charge in [0.15, 0.2) is 0 Å².